The van der Waals surface area contributed by atoms with Gasteiger partial charge in [0.05, 0.1) is 13.5 Å². The van der Waals surface area contributed by atoms with E-state index in [4.69, 9.17) is 9.26 Å². The number of amides is 1. The zero-order chi connectivity index (χ0) is 21.6. The average Bonchev–Trinajstić information content (AvgIpc) is 3.27. The number of hydrogen-bond acceptors (Lipinski definition) is 5. The molecule has 1 aliphatic carbocycles. The predicted octanol–water partition coefficient (Wildman–Crippen LogP) is 4.96. The molecular formula is C25H29N3O3. The highest BCUT2D eigenvalue weighted by atomic mass is 16.5. The second-order valence-corrected chi connectivity index (χ2v) is 8.22. The van der Waals surface area contributed by atoms with E-state index in [0.29, 0.717) is 24.7 Å². The average molecular weight is 420 g/mol. The van der Waals surface area contributed by atoms with Gasteiger partial charge in [-0.15, -0.1) is 0 Å². The van der Waals surface area contributed by atoms with Crippen molar-refractivity contribution in [1.82, 2.24) is 15.0 Å². The van der Waals surface area contributed by atoms with Crippen LogP contribution in [0.1, 0.15) is 49.1 Å². The lowest BCUT2D eigenvalue weighted by molar-refractivity contribution is -0.134. The minimum atomic E-state index is 0.0902. The van der Waals surface area contributed by atoms with Crippen LogP contribution in [0.4, 0.5) is 0 Å². The van der Waals surface area contributed by atoms with Gasteiger partial charge in [0.15, 0.2) is 0 Å². The first kappa shape index (κ1) is 21.1. The number of carbonyl (C=O) groups is 1. The largest absolute Gasteiger partial charge is 0.497 e. The molecule has 1 fully saturated rings. The summed E-state index contributed by atoms with van der Waals surface area (Å²) in [5.41, 5.74) is 3.03. The van der Waals surface area contributed by atoms with Crippen LogP contribution < -0.4 is 4.74 Å². The van der Waals surface area contributed by atoms with Gasteiger partial charge >= 0.3 is 0 Å². The molecule has 6 heteroatoms. The second-order valence-electron chi connectivity index (χ2n) is 8.22. The van der Waals surface area contributed by atoms with Crippen LogP contribution in [0, 0.1) is 6.92 Å². The van der Waals surface area contributed by atoms with Gasteiger partial charge in [0.25, 0.3) is 0 Å². The minimum absolute atomic E-state index is 0.0902. The van der Waals surface area contributed by atoms with Crippen LogP contribution in [0.15, 0.2) is 53.1 Å². The normalized spacial score (nSPS) is 14.4. The topological polar surface area (TPSA) is 68.5 Å². The molecule has 1 heterocycles. The maximum absolute atomic E-state index is 13.3. The van der Waals surface area contributed by atoms with Gasteiger partial charge in [-0.2, -0.15) is 4.98 Å². The maximum Gasteiger partial charge on any atom is 0.246 e. The molecule has 3 aromatic rings. The summed E-state index contributed by atoms with van der Waals surface area (Å²) >= 11 is 0. The Kier molecular flexibility index (Phi) is 6.65. The molecule has 31 heavy (non-hydrogen) atoms. The molecule has 4 rings (SSSR count). The molecule has 0 unspecified atom stereocenters. The summed E-state index contributed by atoms with van der Waals surface area (Å²) < 4.78 is 10.8. The third-order valence-electron chi connectivity index (χ3n) is 5.90. The lowest BCUT2D eigenvalue weighted by Gasteiger charge is -2.33. The van der Waals surface area contributed by atoms with Crippen LogP contribution in [0.25, 0.3) is 11.4 Å². The zero-order valence-corrected chi connectivity index (χ0v) is 18.2. The molecule has 6 nitrogen and oxygen atoms in total. The Labute approximate surface area is 183 Å². The van der Waals surface area contributed by atoms with Gasteiger partial charge in [-0.3, -0.25) is 4.79 Å². The first-order valence-electron chi connectivity index (χ1n) is 10.9. The fourth-order valence-electron chi connectivity index (χ4n) is 4.20. The van der Waals surface area contributed by atoms with E-state index >= 15 is 0 Å². The highest BCUT2D eigenvalue weighted by molar-refractivity contribution is 5.79. The Bertz CT molecular complexity index is 1010. The molecule has 1 aliphatic rings. The van der Waals surface area contributed by atoms with Crippen LogP contribution >= 0.6 is 0 Å². The highest BCUT2D eigenvalue weighted by Gasteiger charge is 2.27. The second kappa shape index (κ2) is 9.77. The molecule has 2 aromatic carbocycles. The van der Waals surface area contributed by atoms with E-state index in [1.807, 2.05) is 60.4 Å². The molecule has 0 saturated heterocycles. The summed E-state index contributed by atoms with van der Waals surface area (Å²) in [7, 11) is 1.64. The fraction of sp³-hybridized carbons (Fsp3) is 0.400. The number of carbonyl (C=O) groups excluding carboxylic acids is 1. The number of benzene rings is 2. The first-order chi connectivity index (χ1) is 15.1. The molecular weight excluding hydrogens is 390 g/mol. The van der Waals surface area contributed by atoms with E-state index in [0.717, 1.165) is 48.1 Å². The van der Waals surface area contributed by atoms with E-state index in [1.54, 1.807) is 7.11 Å². The first-order valence-corrected chi connectivity index (χ1v) is 10.9. The lowest BCUT2D eigenvalue weighted by atomic mass is 9.93. The molecule has 1 aromatic heterocycles. The van der Waals surface area contributed by atoms with Crippen molar-refractivity contribution >= 4 is 5.91 Å². The van der Waals surface area contributed by atoms with Gasteiger partial charge < -0.3 is 14.2 Å². The predicted molar refractivity (Wildman–Crippen MR) is 119 cm³/mol. The Morgan fingerprint density at radius 3 is 2.61 bits per heavy atom. The summed E-state index contributed by atoms with van der Waals surface area (Å²) in [6.45, 7) is 2.38. The number of aryl methyl sites for hydroxylation is 1. The molecule has 1 saturated carbocycles. The number of aromatic nitrogens is 2. The molecule has 0 bridgehead atoms. The van der Waals surface area contributed by atoms with Gasteiger partial charge in [0, 0.05) is 11.6 Å². The van der Waals surface area contributed by atoms with Crippen molar-refractivity contribution in [3.63, 3.8) is 0 Å². The van der Waals surface area contributed by atoms with Gasteiger partial charge in [-0.25, -0.2) is 0 Å². The number of ether oxygens (including phenoxy) is 1. The van der Waals surface area contributed by atoms with E-state index < -0.39 is 0 Å². The fourth-order valence-corrected chi connectivity index (χ4v) is 4.20. The standard InChI is InChI=1S/C25H29N3O3/c1-18-7-6-8-20(15-18)25-26-23(31-27-25)17-28(21-9-4-3-5-10-21)24(29)16-19-11-13-22(30-2)14-12-19/h6-8,11-15,21H,3-5,9-10,16-17H2,1-2H3. The monoisotopic (exact) mass is 419 g/mol. The summed E-state index contributed by atoms with van der Waals surface area (Å²) in [5, 5.41) is 4.15. The van der Waals surface area contributed by atoms with Crippen molar-refractivity contribution in [3.05, 3.63) is 65.5 Å². The number of methoxy groups -OCH3 is 1. The van der Waals surface area contributed by atoms with Crippen molar-refractivity contribution in [2.45, 2.75) is 58.0 Å². The van der Waals surface area contributed by atoms with Crippen molar-refractivity contribution < 1.29 is 14.1 Å². The Morgan fingerprint density at radius 2 is 1.90 bits per heavy atom. The number of hydrogen-bond donors (Lipinski definition) is 0. The molecule has 0 atom stereocenters. The molecule has 0 radical (unpaired) electrons. The summed E-state index contributed by atoms with van der Waals surface area (Å²) in [5.74, 6) is 1.91. The van der Waals surface area contributed by atoms with Crippen LogP contribution in [-0.4, -0.2) is 34.1 Å². The maximum atomic E-state index is 13.3. The van der Waals surface area contributed by atoms with Gasteiger partial charge in [0.2, 0.25) is 17.6 Å². The summed E-state index contributed by atoms with van der Waals surface area (Å²) in [6, 6.07) is 15.9. The highest BCUT2D eigenvalue weighted by Crippen LogP contribution is 2.26. The van der Waals surface area contributed by atoms with Gasteiger partial charge in [-0.1, -0.05) is 60.3 Å². The van der Waals surface area contributed by atoms with Crippen molar-refractivity contribution in [2.24, 2.45) is 0 Å². The van der Waals surface area contributed by atoms with E-state index in [2.05, 4.69) is 10.1 Å². The zero-order valence-electron chi connectivity index (χ0n) is 18.2. The SMILES string of the molecule is COc1ccc(CC(=O)N(Cc2nc(-c3cccc(C)c3)no2)C2CCCCC2)cc1. The Balaban J connectivity index is 1.51. The number of rotatable bonds is 7. The van der Waals surface area contributed by atoms with Crippen LogP contribution in [0.5, 0.6) is 5.75 Å². The van der Waals surface area contributed by atoms with Crippen LogP contribution in [-0.2, 0) is 17.8 Å². The van der Waals surface area contributed by atoms with Crippen LogP contribution in [0.3, 0.4) is 0 Å². The third-order valence-corrected chi connectivity index (χ3v) is 5.90. The quantitative estimate of drug-likeness (QED) is 0.542. The molecule has 0 aliphatic heterocycles. The smallest absolute Gasteiger partial charge is 0.246 e. The van der Waals surface area contributed by atoms with Crippen LogP contribution in [0.2, 0.25) is 0 Å². The van der Waals surface area contributed by atoms with E-state index in [1.165, 1.54) is 6.42 Å². The van der Waals surface area contributed by atoms with E-state index in [9.17, 15) is 4.79 Å². The molecule has 0 spiro atoms. The van der Waals surface area contributed by atoms with Crippen molar-refractivity contribution in [3.8, 4) is 17.1 Å². The summed E-state index contributed by atoms with van der Waals surface area (Å²) in [4.78, 5) is 19.8. The summed E-state index contributed by atoms with van der Waals surface area (Å²) in [6.07, 6.45) is 5.92. The molecule has 1 amide bonds. The minimum Gasteiger partial charge on any atom is -0.497 e. The van der Waals surface area contributed by atoms with Gasteiger partial charge in [0.1, 0.15) is 12.3 Å². The number of nitrogens with zero attached hydrogens (tertiary/aromatic N) is 3. The van der Waals surface area contributed by atoms with Crippen molar-refractivity contribution in [2.75, 3.05) is 7.11 Å². The van der Waals surface area contributed by atoms with Gasteiger partial charge in [-0.05, 0) is 43.5 Å². The lowest BCUT2D eigenvalue weighted by Crippen LogP contribution is -2.41. The van der Waals surface area contributed by atoms with Crippen molar-refractivity contribution in [1.29, 1.82) is 0 Å². The third kappa shape index (κ3) is 5.32. The van der Waals surface area contributed by atoms with E-state index in [-0.39, 0.29) is 11.9 Å². The molecule has 0 N–H and O–H groups in total. The Hall–Kier alpha value is -3.15. The Morgan fingerprint density at radius 1 is 1.13 bits per heavy atom. The molecule has 162 valence electrons.